The van der Waals surface area contributed by atoms with Crippen LogP contribution >= 0.6 is 0 Å². The molecule has 0 saturated heterocycles. The van der Waals surface area contributed by atoms with Crippen molar-refractivity contribution >= 4 is 5.91 Å². The van der Waals surface area contributed by atoms with Crippen molar-refractivity contribution in [3.63, 3.8) is 0 Å². The minimum atomic E-state index is -0.126. The highest BCUT2D eigenvalue weighted by molar-refractivity contribution is 5.94. The molecule has 4 nitrogen and oxygen atoms in total. The Bertz CT molecular complexity index is 670. The van der Waals surface area contributed by atoms with Crippen LogP contribution in [0, 0.1) is 11.3 Å². The van der Waals surface area contributed by atoms with Crippen molar-refractivity contribution in [2.45, 2.75) is 19.6 Å². The molecule has 0 saturated carbocycles. The lowest BCUT2D eigenvalue weighted by molar-refractivity contribution is 0.0940. The topological polar surface area (TPSA) is 62.1 Å². The number of ether oxygens (including phenoxy) is 1. The summed E-state index contributed by atoms with van der Waals surface area (Å²) in [4.78, 5) is 12.2. The van der Waals surface area contributed by atoms with E-state index in [1.807, 2.05) is 31.2 Å². The highest BCUT2D eigenvalue weighted by atomic mass is 16.5. The fourth-order valence-electron chi connectivity index (χ4n) is 2.13. The molecule has 2 rings (SSSR count). The number of amides is 1. The van der Waals surface area contributed by atoms with Gasteiger partial charge in [0.1, 0.15) is 0 Å². The quantitative estimate of drug-likeness (QED) is 0.921. The maximum absolute atomic E-state index is 12.2. The highest BCUT2D eigenvalue weighted by Crippen LogP contribution is 2.14. The first-order chi connectivity index (χ1) is 10.6. The molecule has 0 aromatic heterocycles. The van der Waals surface area contributed by atoms with Gasteiger partial charge in [0.2, 0.25) is 0 Å². The molecule has 0 radical (unpaired) electrons. The molecule has 0 spiro atoms. The SMILES string of the molecule is COCc1ccc(C(=O)NC(C)c2ccc(C#N)cc2)cc1. The Kier molecular flexibility index (Phi) is 5.29. The van der Waals surface area contributed by atoms with Gasteiger partial charge in [0.25, 0.3) is 5.91 Å². The summed E-state index contributed by atoms with van der Waals surface area (Å²) in [6.07, 6.45) is 0. The Morgan fingerprint density at radius 2 is 1.82 bits per heavy atom. The van der Waals surface area contributed by atoms with E-state index < -0.39 is 0 Å². The smallest absolute Gasteiger partial charge is 0.251 e. The second-order valence-electron chi connectivity index (χ2n) is 5.06. The van der Waals surface area contributed by atoms with E-state index in [9.17, 15) is 4.79 Å². The van der Waals surface area contributed by atoms with Crippen molar-refractivity contribution in [3.05, 3.63) is 70.8 Å². The molecule has 0 aliphatic carbocycles. The van der Waals surface area contributed by atoms with E-state index in [0.29, 0.717) is 17.7 Å². The number of carbonyl (C=O) groups is 1. The minimum Gasteiger partial charge on any atom is -0.380 e. The van der Waals surface area contributed by atoms with E-state index in [1.54, 1.807) is 31.4 Å². The molecule has 4 heteroatoms. The number of rotatable bonds is 5. The van der Waals surface area contributed by atoms with Gasteiger partial charge in [-0.05, 0) is 42.3 Å². The number of nitriles is 1. The lowest BCUT2D eigenvalue weighted by Crippen LogP contribution is -2.26. The van der Waals surface area contributed by atoms with Gasteiger partial charge in [0, 0.05) is 12.7 Å². The van der Waals surface area contributed by atoms with Gasteiger partial charge in [-0.2, -0.15) is 5.26 Å². The van der Waals surface area contributed by atoms with Crippen molar-refractivity contribution in [2.75, 3.05) is 7.11 Å². The van der Waals surface area contributed by atoms with Crippen molar-refractivity contribution in [3.8, 4) is 6.07 Å². The zero-order valence-corrected chi connectivity index (χ0v) is 12.7. The Labute approximate surface area is 130 Å². The Balaban J connectivity index is 2.02. The zero-order valence-electron chi connectivity index (χ0n) is 12.7. The lowest BCUT2D eigenvalue weighted by atomic mass is 10.1. The number of carbonyl (C=O) groups excluding carboxylic acids is 1. The van der Waals surface area contributed by atoms with Gasteiger partial charge in [-0.3, -0.25) is 4.79 Å². The molecule has 1 amide bonds. The van der Waals surface area contributed by atoms with Crippen LogP contribution in [0.15, 0.2) is 48.5 Å². The van der Waals surface area contributed by atoms with E-state index in [0.717, 1.165) is 11.1 Å². The molecule has 0 heterocycles. The van der Waals surface area contributed by atoms with Gasteiger partial charge in [-0.25, -0.2) is 0 Å². The maximum Gasteiger partial charge on any atom is 0.251 e. The summed E-state index contributed by atoms with van der Waals surface area (Å²) >= 11 is 0. The summed E-state index contributed by atoms with van der Waals surface area (Å²) in [6, 6.07) is 16.5. The molecule has 2 aromatic rings. The Morgan fingerprint density at radius 3 is 2.36 bits per heavy atom. The second kappa shape index (κ2) is 7.39. The van der Waals surface area contributed by atoms with E-state index in [4.69, 9.17) is 10.00 Å². The minimum absolute atomic E-state index is 0.124. The fourth-order valence-corrected chi connectivity index (χ4v) is 2.13. The first-order valence-corrected chi connectivity index (χ1v) is 7.03. The number of benzene rings is 2. The van der Waals surface area contributed by atoms with Gasteiger partial charge < -0.3 is 10.1 Å². The standard InChI is InChI=1S/C18H18N2O2/c1-13(16-7-3-14(11-19)4-8-16)20-18(21)17-9-5-15(6-10-17)12-22-2/h3-10,13H,12H2,1-2H3,(H,20,21). The molecule has 1 N–H and O–H groups in total. The van der Waals surface area contributed by atoms with Crippen LogP contribution in [0.1, 0.15) is 40.0 Å². The molecule has 0 aliphatic heterocycles. The summed E-state index contributed by atoms with van der Waals surface area (Å²) in [5.41, 5.74) is 3.21. The molecular weight excluding hydrogens is 276 g/mol. The molecule has 0 aliphatic rings. The van der Waals surface area contributed by atoms with Crippen molar-refractivity contribution < 1.29 is 9.53 Å². The van der Waals surface area contributed by atoms with Crippen LogP contribution in [-0.4, -0.2) is 13.0 Å². The number of nitrogens with one attached hydrogen (secondary N) is 1. The molecule has 112 valence electrons. The predicted octanol–water partition coefficient (Wildman–Crippen LogP) is 3.20. The lowest BCUT2D eigenvalue weighted by Gasteiger charge is -2.14. The third-order valence-corrected chi connectivity index (χ3v) is 3.41. The predicted molar refractivity (Wildman–Crippen MR) is 84.2 cm³/mol. The summed E-state index contributed by atoms with van der Waals surface area (Å²) < 4.78 is 5.05. The van der Waals surface area contributed by atoms with Crippen molar-refractivity contribution in [1.29, 1.82) is 5.26 Å². The summed E-state index contributed by atoms with van der Waals surface area (Å²) in [5, 5.41) is 11.7. The van der Waals surface area contributed by atoms with Crippen LogP contribution in [-0.2, 0) is 11.3 Å². The maximum atomic E-state index is 12.2. The first-order valence-electron chi connectivity index (χ1n) is 7.03. The largest absolute Gasteiger partial charge is 0.380 e. The molecule has 1 atom stereocenters. The molecular formula is C18H18N2O2. The molecule has 22 heavy (non-hydrogen) atoms. The van der Waals surface area contributed by atoms with E-state index >= 15 is 0 Å². The molecule has 2 aromatic carbocycles. The molecule has 0 fully saturated rings. The number of hydrogen-bond donors (Lipinski definition) is 1. The van der Waals surface area contributed by atoms with Gasteiger partial charge >= 0.3 is 0 Å². The third kappa shape index (κ3) is 3.94. The van der Waals surface area contributed by atoms with Crippen LogP contribution in [0.2, 0.25) is 0 Å². The number of methoxy groups -OCH3 is 1. The van der Waals surface area contributed by atoms with Gasteiger partial charge in [0.05, 0.1) is 24.3 Å². The summed E-state index contributed by atoms with van der Waals surface area (Å²) in [7, 11) is 1.64. The average Bonchev–Trinajstić information content (AvgIpc) is 2.55. The van der Waals surface area contributed by atoms with Crippen LogP contribution in [0.25, 0.3) is 0 Å². The highest BCUT2D eigenvalue weighted by Gasteiger charge is 2.11. The van der Waals surface area contributed by atoms with E-state index in [-0.39, 0.29) is 11.9 Å². The molecule has 0 bridgehead atoms. The van der Waals surface area contributed by atoms with Crippen LogP contribution in [0.3, 0.4) is 0 Å². The third-order valence-electron chi connectivity index (χ3n) is 3.41. The van der Waals surface area contributed by atoms with Gasteiger partial charge in [-0.15, -0.1) is 0 Å². The second-order valence-corrected chi connectivity index (χ2v) is 5.06. The van der Waals surface area contributed by atoms with Gasteiger partial charge in [0.15, 0.2) is 0 Å². The fraction of sp³-hybridized carbons (Fsp3) is 0.222. The monoisotopic (exact) mass is 294 g/mol. The Morgan fingerprint density at radius 1 is 1.18 bits per heavy atom. The van der Waals surface area contributed by atoms with Crippen molar-refractivity contribution in [1.82, 2.24) is 5.32 Å². The van der Waals surface area contributed by atoms with Crippen LogP contribution in [0.5, 0.6) is 0 Å². The van der Waals surface area contributed by atoms with Crippen molar-refractivity contribution in [2.24, 2.45) is 0 Å². The molecule has 1 unspecified atom stereocenters. The van der Waals surface area contributed by atoms with E-state index in [1.165, 1.54) is 0 Å². The number of hydrogen-bond acceptors (Lipinski definition) is 3. The normalized spacial score (nSPS) is 11.5. The average molecular weight is 294 g/mol. The Hall–Kier alpha value is -2.64. The number of nitrogens with zero attached hydrogens (tertiary/aromatic N) is 1. The summed E-state index contributed by atoms with van der Waals surface area (Å²) in [5.74, 6) is -0.124. The van der Waals surface area contributed by atoms with Gasteiger partial charge in [-0.1, -0.05) is 24.3 Å². The first kappa shape index (κ1) is 15.7. The zero-order chi connectivity index (χ0) is 15.9. The van der Waals surface area contributed by atoms with Crippen LogP contribution in [0.4, 0.5) is 0 Å². The summed E-state index contributed by atoms with van der Waals surface area (Å²) in [6.45, 7) is 2.45. The van der Waals surface area contributed by atoms with Crippen LogP contribution < -0.4 is 5.32 Å². The van der Waals surface area contributed by atoms with E-state index in [2.05, 4.69) is 11.4 Å².